The molecule has 1 aliphatic heterocycles. The van der Waals surface area contributed by atoms with Gasteiger partial charge in [0.05, 0.1) is 12.2 Å². The number of thioether (sulfide) groups is 1. The maximum atomic E-state index is 12.7. The van der Waals surface area contributed by atoms with E-state index in [1.807, 2.05) is 18.2 Å². The summed E-state index contributed by atoms with van der Waals surface area (Å²) >= 11 is 1.50. The number of hydrogen-bond donors (Lipinski definition) is 2. The van der Waals surface area contributed by atoms with Crippen LogP contribution in [0.15, 0.2) is 32.3 Å². The molecule has 27 heavy (non-hydrogen) atoms. The summed E-state index contributed by atoms with van der Waals surface area (Å²) in [4.78, 5) is 13.7. The smallest absolute Gasteiger partial charge is 0.300 e. The molecular formula is C18H20O7S2. The molecule has 0 spiro atoms. The highest BCUT2D eigenvalue weighted by Crippen LogP contribution is 2.43. The molecule has 0 saturated carbocycles. The number of aliphatic hydroxyl groups is 1. The van der Waals surface area contributed by atoms with Crippen molar-refractivity contribution in [3.8, 4) is 17.3 Å². The Kier molecular flexibility index (Phi) is 5.66. The van der Waals surface area contributed by atoms with Crippen LogP contribution in [0.4, 0.5) is 0 Å². The van der Waals surface area contributed by atoms with E-state index in [4.69, 9.17) is 13.7 Å². The van der Waals surface area contributed by atoms with Gasteiger partial charge in [-0.1, -0.05) is 19.9 Å². The van der Waals surface area contributed by atoms with Crippen molar-refractivity contribution in [2.45, 2.75) is 43.4 Å². The zero-order valence-electron chi connectivity index (χ0n) is 14.9. The van der Waals surface area contributed by atoms with Gasteiger partial charge in [-0.3, -0.25) is 9.35 Å². The van der Waals surface area contributed by atoms with E-state index in [1.54, 1.807) is 0 Å². The fourth-order valence-corrected chi connectivity index (χ4v) is 4.16. The van der Waals surface area contributed by atoms with Crippen molar-refractivity contribution in [2.75, 3.05) is 5.94 Å². The van der Waals surface area contributed by atoms with Gasteiger partial charge < -0.3 is 14.3 Å². The summed E-state index contributed by atoms with van der Waals surface area (Å²) in [5.74, 6) is -0.466. The lowest BCUT2D eigenvalue weighted by Gasteiger charge is -2.21. The Balaban J connectivity index is 2.16. The number of hydrogen-bond acceptors (Lipinski definition) is 7. The zero-order chi connectivity index (χ0) is 19.8. The predicted octanol–water partition coefficient (Wildman–Crippen LogP) is 3.14. The van der Waals surface area contributed by atoms with E-state index < -0.39 is 34.0 Å². The SMILES string of the molecule is CCC(C)c1ccc2c(c1)-c1oc(OCS(=O)(=O)O)c(CO)c(=O)c1CS2. The number of benzene rings is 1. The summed E-state index contributed by atoms with van der Waals surface area (Å²) in [7, 11) is -4.43. The maximum absolute atomic E-state index is 12.7. The standard InChI is InChI=1S/C18H20O7S2/c1-3-10(2)11-4-5-15-12(6-11)17-14(8-26-15)16(20)13(7-19)18(25-17)24-9-27(21,22)23/h4-6,10,19H,3,7-9H2,1-2H3,(H,21,22,23). The normalized spacial score (nSPS) is 14.4. The topological polar surface area (TPSA) is 114 Å². The zero-order valence-corrected chi connectivity index (χ0v) is 16.5. The molecule has 0 aliphatic carbocycles. The van der Waals surface area contributed by atoms with Crippen LogP contribution in [0.3, 0.4) is 0 Å². The van der Waals surface area contributed by atoms with Crippen LogP contribution in [0.5, 0.6) is 5.95 Å². The van der Waals surface area contributed by atoms with E-state index >= 15 is 0 Å². The minimum atomic E-state index is -4.43. The Labute approximate surface area is 161 Å². The maximum Gasteiger partial charge on any atom is 0.300 e. The van der Waals surface area contributed by atoms with E-state index in [0.717, 1.165) is 22.4 Å². The summed E-state index contributed by atoms with van der Waals surface area (Å²) in [5.41, 5.74) is 1.61. The molecule has 146 valence electrons. The molecule has 9 heteroatoms. The van der Waals surface area contributed by atoms with Gasteiger partial charge in [0.15, 0.2) is 5.43 Å². The van der Waals surface area contributed by atoms with E-state index in [0.29, 0.717) is 23.0 Å². The Morgan fingerprint density at radius 2 is 2.11 bits per heavy atom. The van der Waals surface area contributed by atoms with Gasteiger partial charge in [0, 0.05) is 16.2 Å². The molecule has 1 aliphatic rings. The first-order valence-corrected chi connectivity index (χ1v) is 11.0. The number of ether oxygens (including phenoxy) is 1. The Morgan fingerprint density at radius 3 is 2.74 bits per heavy atom. The first-order chi connectivity index (χ1) is 12.7. The lowest BCUT2D eigenvalue weighted by molar-refractivity contribution is 0.233. The molecule has 0 fully saturated rings. The van der Waals surface area contributed by atoms with Gasteiger partial charge in [-0.2, -0.15) is 8.42 Å². The van der Waals surface area contributed by atoms with Crippen molar-refractivity contribution in [3.63, 3.8) is 0 Å². The molecule has 0 saturated heterocycles. The molecule has 2 heterocycles. The quantitative estimate of drug-likeness (QED) is 0.696. The molecule has 1 unspecified atom stereocenters. The van der Waals surface area contributed by atoms with E-state index in [9.17, 15) is 18.3 Å². The van der Waals surface area contributed by atoms with Crippen LogP contribution >= 0.6 is 11.8 Å². The molecule has 0 radical (unpaired) electrons. The van der Waals surface area contributed by atoms with Crippen molar-refractivity contribution < 1.29 is 27.2 Å². The second-order valence-corrected chi connectivity index (χ2v) is 8.78. The molecule has 0 bridgehead atoms. The summed E-state index contributed by atoms with van der Waals surface area (Å²) in [5, 5.41) is 9.52. The van der Waals surface area contributed by atoms with Crippen LogP contribution in [0.25, 0.3) is 11.3 Å². The largest absolute Gasteiger partial charge is 0.446 e. The van der Waals surface area contributed by atoms with Gasteiger partial charge in [-0.05, 0) is 30.0 Å². The van der Waals surface area contributed by atoms with Crippen LogP contribution in [0, 0.1) is 0 Å². The molecule has 1 aromatic carbocycles. The van der Waals surface area contributed by atoms with Crippen molar-refractivity contribution in [1.29, 1.82) is 0 Å². The fourth-order valence-electron chi connectivity index (χ4n) is 2.87. The fraction of sp³-hybridized carbons (Fsp3) is 0.389. The van der Waals surface area contributed by atoms with E-state index in [-0.39, 0.29) is 5.56 Å². The average Bonchev–Trinajstić information content (AvgIpc) is 2.64. The number of fused-ring (bicyclic) bond motifs is 3. The van der Waals surface area contributed by atoms with E-state index in [2.05, 4.69) is 13.8 Å². The lowest BCUT2D eigenvalue weighted by Crippen LogP contribution is -2.20. The van der Waals surface area contributed by atoms with Crippen molar-refractivity contribution in [2.24, 2.45) is 0 Å². The Bertz CT molecular complexity index is 1020. The summed E-state index contributed by atoms with van der Waals surface area (Å²) in [6.07, 6.45) is 0.953. The van der Waals surface area contributed by atoms with Gasteiger partial charge in [0.2, 0.25) is 5.94 Å². The Hall–Kier alpha value is -1.81. The van der Waals surface area contributed by atoms with Gasteiger partial charge in [-0.15, -0.1) is 11.8 Å². The highest BCUT2D eigenvalue weighted by molar-refractivity contribution is 7.98. The van der Waals surface area contributed by atoms with Crippen LogP contribution < -0.4 is 10.2 Å². The minimum absolute atomic E-state index is 0.167. The highest BCUT2D eigenvalue weighted by atomic mass is 32.2. The summed E-state index contributed by atoms with van der Waals surface area (Å²) in [6.45, 7) is 3.52. The number of rotatable bonds is 6. The third kappa shape index (κ3) is 4.06. The monoisotopic (exact) mass is 412 g/mol. The predicted molar refractivity (Wildman–Crippen MR) is 102 cm³/mol. The lowest BCUT2D eigenvalue weighted by atomic mass is 9.95. The average molecular weight is 412 g/mol. The van der Waals surface area contributed by atoms with Crippen molar-refractivity contribution in [3.05, 3.63) is 45.1 Å². The van der Waals surface area contributed by atoms with Gasteiger partial charge >= 0.3 is 10.1 Å². The summed E-state index contributed by atoms with van der Waals surface area (Å²) in [6, 6.07) is 5.98. The van der Waals surface area contributed by atoms with Gasteiger partial charge in [0.1, 0.15) is 11.3 Å². The number of aliphatic hydroxyl groups excluding tert-OH is 1. The van der Waals surface area contributed by atoms with Gasteiger partial charge in [0.25, 0.3) is 5.95 Å². The van der Waals surface area contributed by atoms with Crippen molar-refractivity contribution >= 4 is 21.9 Å². The molecule has 0 amide bonds. The minimum Gasteiger partial charge on any atom is -0.446 e. The first kappa shape index (κ1) is 19.9. The second-order valence-electron chi connectivity index (χ2n) is 6.36. The Morgan fingerprint density at radius 1 is 1.37 bits per heavy atom. The second kappa shape index (κ2) is 7.67. The molecule has 2 N–H and O–H groups in total. The van der Waals surface area contributed by atoms with Crippen LogP contribution in [-0.2, 0) is 22.5 Å². The summed E-state index contributed by atoms with van der Waals surface area (Å²) < 4.78 is 41.5. The molecule has 3 rings (SSSR count). The molecule has 7 nitrogen and oxygen atoms in total. The highest BCUT2D eigenvalue weighted by Gasteiger charge is 2.27. The third-order valence-corrected chi connectivity index (χ3v) is 6.08. The third-order valence-electron chi connectivity index (χ3n) is 4.56. The molecule has 1 atom stereocenters. The van der Waals surface area contributed by atoms with Gasteiger partial charge in [-0.25, -0.2) is 0 Å². The van der Waals surface area contributed by atoms with Crippen LogP contribution in [0.1, 0.15) is 42.9 Å². The van der Waals surface area contributed by atoms with Crippen LogP contribution in [-0.4, -0.2) is 24.0 Å². The van der Waals surface area contributed by atoms with Crippen LogP contribution in [0.2, 0.25) is 0 Å². The molecule has 1 aromatic heterocycles. The van der Waals surface area contributed by atoms with Crippen molar-refractivity contribution in [1.82, 2.24) is 0 Å². The molecule has 2 aromatic rings. The molecular weight excluding hydrogens is 392 g/mol. The van der Waals surface area contributed by atoms with E-state index in [1.165, 1.54) is 11.8 Å². The first-order valence-electron chi connectivity index (χ1n) is 8.40.